The van der Waals surface area contributed by atoms with E-state index in [1.54, 1.807) is 6.20 Å². The van der Waals surface area contributed by atoms with Gasteiger partial charge in [0.2, 0.25) is 0 Å². The number of aromatic nitrogens is 3. The van der Waals surface area contributed by atoms with Crippen LogP contribution in [0.4, 0.5) is 4.79 Å². The van der Waals surface area contributed by atoms with Crippen LogP contribution < -0.4 is 0 Å². The topological polar surface area (TPSA) is 63.5 Å². The van der Waals surface area contributed by atoms with Crippen LogP contribution >= 0.6 is 0 Å². The molecule has 4 heterocycles. The molecule has 2 fully saturated rings. The largest absolute Gasteiger partial charge is 0.442 e. The Bertz CT molecular complexity index is 791. The van der Waals surface area contributed by atoms with Gasteiger partial charge in [-0.3, -0.25) is 19.5 Å². The molecule has 0 unspecified atom stereocenters. The van der Waals surface area contributed by atoms with Crippen molar-refractivity contribution >= 4 is 6.09 Å². The molecule has 2 saturated heterocycles. The van der Waals surface area contributed by atoms with E-state index in [0.29, 0.717) is 6.54 Å². The van der Waals surface area contributed by atoms with E-state index >= 15 is 0 Å². The van der Waals surface area contributed by atoms with Crippen molar-refractivity contribution in [2.24, 2.45) is 0 Å². The van der Waals surface area contributed by atoms with Crippen molar-refractivity contribution < 1.29 is 9.53 Å². The molecule has 0 spiro atoms. The maximum atomic E-state index is 12.3. The zero-order valence-electron chi connectivity index (χ0n) is 16.0. The van der Waals surface area contributed by atoms with Crippen molar-refractivity contribution in [1.82, 2.24) is 24.6 Å². The predicted molar refractivity (Wildman–Crippen MR) is 101 cm³/mol. The summed E-state index contributed by atoms with van der Waals surface area (Å²) in [5, 5.41) is 4.59. The zero-order chi connectivity index (χ0) is 18.8. The molecule has 144 valence electrons. The summed E-state index contributed by atoms with van der Waals surface area (Å²) in [6.45, 7) is 8.31. The first-order chi connectivity index (χ1) is 13.1. The van der Waals surface area contributed by atoms with E-state index in [1.807, 2.05) is 27.8 Å². The van der Waals surface area contributed by atoms with Crippen LogP contribution in [0, 0.1) is 6.92 Å². The van der Waals surface area contributed by atoms with E-state index in [2.05, 4.69) is 35.0 Å². The Kier molecular flexibility index (Phi) is 5.11. The van der Waals surface area contributed by atoms with E-state index in [1.165, 1.54) is 5.56 Å². The van der Waals surface area contributed by atoms with E-state index < -0.39 is 0 Å². The number of carbonyl (C=O) groups excluding carboxylic acids is 1. The van der Waals surface area contributed by atoms with Crippen LogP contribution in [0.1, 0.15) is 30.3 Å². The fourth-order valence-corrected chi connectivity index (χ4v) is 4.05. The summed E-state index contributed by atoms with van der Waals surface area (Å²) in [5.74, 6) is 0. The molecule has 2 aliphatic heterocycles. The highest BCUT2D eigenvalue weighted by atomic mass is 16.6. The molecule has 4 rings (SSSR count). The van der Waals surface area contributed by atoms with Crippen LogP contribution in [0.3, 0.4) is 0 Å². The molecule has 0 saturated carbocycles. The lowest BCUT2D eigenvalue weighted by Gasteiger charge is -2.22. The van der Waals surface area contributed by atoms with Gasteiger partial charge in [0.15, 0.2) is 0 Å². The summed E-state index contributed by atoms with van der Waals surface area (Å²) in [5.41, 5.74) is 3.35. The number of nitrogens with zero attached hydrogens (tertiary/aromatic N) is 5. The second kappa shape index (κ2) is 7.68. The average molecular weight is 369 g/mol. The van der Waals surface area contributed by atoms with Crippen LogP contribution in [0.25, 0.3) is 0 Å². The minimum atomic E-state index is -0.187. The second-order valence-electron chi connectivity index (χ2n) is 7.45. The van der Waals surface area contributed by atoms with Crippen LogP contribution in [0.2, 0.25) is 0 Å². The van der Waals surface area contributed by atoms with Gasteiger partial charge in [-0.25, -0.2) is 4.79 Å². The number of carbonyl (C=O) groups is 1. The molecular formula is C20H27N5O2. The summed E-state index contributed by atoms with van der Waals surface area (Å²) in [4.78, 5) is 20.9. The second-order valence-corrected chi connectivity index (χ2v) is 7.45. The number of aryl methyl sites for hydroxylation is 2. The number of pyridine rings is 1. The van der Waals surface area contributed by atoms with Gasteiger partial charge in [-0.1, -0.05) is 13.0 Å². The summed E-state index contributed by atoms with van der Waals surface area (Å²) in [7, 11) is 0. The Morgan fingerprint density at radius 2 is 2.15 bits per heavy atom. The van der Waals surface area contributed by atoms with Crippen molar-refractivity contribution in [3.05, 3.63) is 47.5 Å². The first-order valence-corrected chi connectivity index (χ1v) is 9.76. The van der Waals surface area contributed by atoms with E-state index in [0.717, 1.165) is 50.4 Å². The quantitative estimate of drug-likeness (QED) is 0.749. The van der Waals surface area contributed by atoms with Crippen LogP contribution in [-0.2, 0) is 24.2 Å². The third kappa shape index (κ3) is 3.83. The van der Waals surface area contributed by atoms with Gasteiger partial charge in [-0.05, 0) is 25.5 Å². The first kappa shape index (κ1) is 18.0. The fourth-order valence-electron chi connectivity index (χ4n) is 4.05. The first-order valence-electron chi connectivity index (χ1n) is 9.76. The Labute approximate surface area is 159 Å². The standard InChI is InChI=1S/C20H27N5O2/c1-3-9-24-12-16(15(2)22-24)11-23-13-18-19(14-23)27-20(26)25(18)10-7-17-6-4-5-8-21-17/h4-6,8,12,18-19H,3,7,9-11,13-14H2,1-2H3/t18-,19+/m1/s1. The summed E-state index contributed by atoms with van der Waals surface area (Å²) in [6.07, 6.45) is 5.55. The normalized spacial score (nSPS) is 22.3. The van der Waals surface area contributed by atoms with Gasteiger partial charge in [0.1, 0.15) is 6.10 Å². The SMILES string of the molecule is CCCn1cc(CN2C[C@@H]3OC(=O)N(CCc4ccccn4)[C@@H]3C2)c(C)n1. The molecule has 2 aromatic rings. The number of rotatable bonds is 7. The molecule has 7 heteroatoms. The molecule has 0 aliphatic carbocycles. The van der Waals surface area contributed by atoms with Crippen molar-refractivity contribution in [3.63, 3.8) is 0 Å². The summed E-state index contributed by atoms with van der Waals surface area (Å²) >= 11 is 0. The van der Waals surface area contributed by atoms with Crippen LogP contribution in [0.15, 0.2) is 30.6 Å². The van der Waals surface area contributed by atoms with E-state index in [-0.39, 0.29) is 18.2 Å². The third-order valence-corrected chi connectivity index (χ3v) is 5.43. The number of likely N-dealkylation sites (tertiary alicyclic amines) is 1. The van der Waals surface area contributed by atoms with Gasteiger partial charge in [0, 0.05) is 62.8 Å². The lowest BCUT2D eigenvalue weighted by Crippen LogP contribution is -2.39. The number of hydrogen-bond donors (Lipinski definition) is 0. The summed E-state index contributed by atoms with van der Waals surface area (Å²) in [6, 6.07) is 6.01. The highest BCUT2D eigenvalue weighted by Gasteiger charge is 2.47. The van der Waals surface area contributed by atoms with Crippen molar-refractivity contribution in [2.75, 3.05) is 19.6 Å². The average Bonchev–Trinajstić information content (AvgIpc) is 3.28. The van der Waals surface area contributed by atoms with Gasteiger partial charge < -0.3 is 4.74 Å². The minimum absolute atomic E-state index is 0.0350. The molecular weight excluding hydrogens is 342 g/mol. The Hall–Kier alpha value is -2.41. The van der Waals surface area contributed by atoms with Gasteiger partial charge in [0.05, 0.1) is 11.7 Å². The molecule has 2 aliphatic rings. The zero-order valence-corrected chi connectivity index (χ0v) is 16.0. The smallest absolute Gasteiger partial charge is 0.410 e. The maximum Gasteiger partial charge on any atom is 0.410 e. The molecule has 0 bridgehead atoms. The highest BCUT2D eigenvalue weighted by Crippen LogP contribution is 2.28. The van der Waals surface area contributed by atoms with E-state index in [4.69, 9.17) is 4.74 Å². The molecule has 7 nitrogen and oxygen atoms in total. The molecule has 2 aromatic heterocycles. The lowest BCUT2D eigenvalue weighted by molar-refractivity contribution is 0.120. The third-order valence-electron chi connectivity index (χ3n) is 5.43. The number of amides is 1. The van der Waals surface area contributed by atoms with Gasteiger partial charge >= 0.3 is 6.09 Å². The summed E-state index contributed by atoms with van der Waals surface area (Å²) < 4.78 is 7.66. The van der Waals surface area contributed by atoms with E-state index in [9.17, 15) is 4.79 Å². The van der Waals surface area contributed by atoms with Crippen molar-refractivity contribution in [3.8, 4) is 0 Å². The monoisotopic (exact) mass is 369 g/mol. The minimum Gasteiger partial charge on any atom is -0.442 e. The molecule has 0 radical (unpaired) electrons. The molecule has 27 heavy (non-hydrogen) atoms. The van der Waals surface area contributed by atoms with Crippen molar-refractivity contribution in [2.45, 2.75) is 51.9 Å². The molecule has 0 N–H and O–H groups in total. The molecule has 2 atom stereocenters. The number of fused-ring (bicyclic) bond motifs is 1. The Morgan fingerprint density at radius 3 is 2.93 bits per heavy atom. The number of hydrogen-bond acceptors (Lipinski definition) is 5. The Morgan fingerprint density at radius 1 is 1.26 bits per heavy atom. The predicted octanol–water partition coefficient (Wildman–Crippen LogP) is 2.24. The highest BCUT2D eigenvalue weighted by molar-refractivity contribution is 5.71. The molecule has 1 amide bonds. The molecule has 0 aromatic carbocycles. The maximum absolute atomic E-state index is 12.3. The van der Waals surface area contributed by atoms with Gasteiger partial charge in [-0.2, -0.15) is 5.10 Å². The lowest BCUT2D eigenvalue weighted by atomic mass is 10.2. The van der Waals surface area contributed by atoms with Crippen LogP contribution in [0.5, 0.6) is 0 Å². The Balaban J connectivity index is 1.37. The number of ether oxygens (including phenoxy) is 1. The fraction of sp³-hybridized carbons (Fsp3) is 0.550. The van der Waals surface area contributed by atoms with Gasteiger partial charge in [0.25, 0.3) is 0 Å². The van der Waals surface area contributed by atoms with Crippen LogP contribution in [-0.4, -0.2) is 62.4 Å². The van der Waals surface area contributed by atoms with Crippen molar-refractivity contribution in [1.29, 1.82) is 0 Å². The van der Waals surface area contributed by atoms with Gasteiger partial charge in [-0.15, -0.1) is 0 Å².